The number of benzene rings is 1. The van der Waals surface area contributed by atoms with Crippen molar-refractivity contribution in [3.05, 3.63) is 57.2 Å². The monoisotopic (exact) mass is 385 g/mol. The van der Waals surface area contributed by atoms with Crippen molar-refractivity contribution in [2.75, 3.05) is 0 Å². The van der Waals surface area contributed by atoms with E-state index in [2.05, 4.69) is 10.1 Å². The number of hydrogen-bond donors (Lipinski definition) is 0. The Morgan fingerprint density at radius 2 is 2.04 bits per heavy atom. The molecule has 0 bridgehead atoms. The van der Waals surface area contributed by atoms with E-state index in [0.717, 1.165) is 32.4 Å². The van der Waals surface area contributed by atoms with E-state index >= 15 is 0 Å². The van der Waals surface area contributed by atoms with Gasteiger partial charge in [0, 0.05) is 17.8 Å². The quantitative estimate of drug-likeness (QED) is 0.475. The highest BCUT2D eigenvalue weighted by molar-refractivity contribution is 7.20. The van der Waals surface area contributed by atoms with Crippen LogP contribution >= 0.6 is 22.9 Å². The van der Waals surface area contributed by atoms with E-state index in [-0.39, 0.29) is 12.6 Å². The third kappa shape index (κ3) is 2.75. The smallest absolute Gasteiger partial charge is 0.348 e. The summed E-state index contributed by atoms with van der Waals surface area (Å²) in [7, 11) is 1.86. The molecule has 0 fully saturated rings. The first-order valence-electron chi connectivity index (χ1n) is 8.09. The summed E-state index contributed by atoms with van der Waals surface area (Å²) in [6.07, 6.45) is 0. The molecule has 132 valence electrons. The van der Waals surface area contributed by atoms with E-state index in [1.807, 2.05) is 51.2 Å². The summed E-state index contributed by atoms with van der Waals surface area (Å²) in [5, 5.41) is 6.85. The zero-order chi connectivity index (χ0) is 18.4. The van der Waals surface area contributed by atoms with Crippen LogP contribution in [0, 0.1) is 13.8 Å². The fraction of sp³-hybridized carbons (Fsp3) is 0.211. The molecule has 0 unspecified atom stereocenters. The average Bonchev–Trinajstić information content (AvgIpc) is 3.18. The van der Waals surface area contributed by atoms with Crippen molar-refractivity contribution < 1.29 is 9.53 Å². The number of esters is 1. The van der Waals surface area contributed by atoms with E-state index in [1.165, 1.54) is 11.3 Å². The zero-order valence-corrected chi connectivity index (χ0v) is 16.1. The Kier molecular flexibility index (Phi) is 4.17. The average molecular weight is 386 g/mol. The van der Waals surface area contributed by atoms with Crippen LogP contribution in [0.25, 0.3) is 21.1 Å². The molecule has 4 rings (SSSR count). The van der Waals surface area contributed by atoms with Crippen LogP contribution in [0.2, 0.25) is 5.02 Å². The van der Waals surface area contributed by atoms with Gasteiger partial charge in [-0.2, -0.15) is 5.10 Å². The molecule has 0 amide bonds. The molecule has 3 aromatic heterocycles. The summed E-state index contributed by atoms with van der Waals surface area (Å²) in [6.45, 7) is 3.90. The first-order valence-corrected chi connectivity index (χ1v) is 9.29. The molecule has 5 nitrogen and oxygen atoms in total. The van der Waals surface area contributed by atoms with Crippen molar-refractivity contribution in [2.24, 2.45) is 7.05 Å². The normalized spacial score (nSPS) is 11.4. The number of hydrogen-bond acceptors (Lipinski definition) is 5. The number of ether oxygens (including phenoxy) is 1. The fourth-order valence-corrected chi connectivity index (χ4v) is 4.24. The van der Waals surface area contributed by atoms with E-state index in [9.17, 15) is 4.79 Å². The topological polar surface area (TPSA) is 57.0 Å². The summed E-state index contributed by atoms with van der Waals surface area (Å²) in [5.74, 6) is -0.380. The minimum Gasteiger partial charge on any atom is -0.455 e. The second-order valence-electron chi connectivity index (χ2n) is 6.13. The van der Waals surface area contributed by atoms with Crippen molar-refractivity contribution >= 4 is 50.0 Å². The van der Waals surface area contributed by atoms with Crippen molar-refractivity contribution in [3.8, 4) is 0 Å². The van der Waals surface area contributed by atoms with Gasteiger partial charge < -0.3 is 4.74 Å². The Morgan fingerprint density at radius 3 is 2.81 bits per heavy atom. The third-order valence-electron chi connectivity index (χ3n) is 4.38. The summed E-state index contributed by atoms with van der Waals surface area (Å²) >= 11 is 7.80. The van der Waals surface area contributed by atoms with Gasteiger partial charge in [-0.1, -0.05) is 29.8 Å². The van der Waals surface area contributed by atoms with Gasteiger partial charge >= 0.3 is 5.97 Å². The second-order valence-corrected chi connectivity index (χ2v) is 7.54. The lowest BCUT2D eigenvalue weighted by atomic mass is 10.1. The summed E-state index contributed by atoms with van der Waals surface area (Å²) in [6, 6.07) is 9.60. The Hall–Kier alpha value is -2.44. The van der Waals surface area contributed by atoms with E-state index < -0.39 is 0 Å². The summed E-state index contributed by atoms with van der Waals surface area (Å²) < 4.78 is 7.25. The molecular formula is C19H16ClN3O2S. The van der Waals surface area contributed by atoms with Gasteiger partial charge in [0.25, 0.3) is 0 Å². The number of aryl methyl sites for hydroxylation is 3. The first-order chi connectivity index (χ1) is 12.5. The maximum Gasteiger partial charge on any atom is 0.348 e. The standard InChI is InChI=1S/C19H16ClN3O2S/c1-10-12-6-4-5-7-14(12)21-15(17(10)20)9-25-19(24)16-8-13-11(2)22-23(3)18(13)26-16/h4-8H,9H2,1-3H3. The highest BCUT2D eigenvalue weighted by Gasteiger charge is 2.18. The maximum atomic E-state index is 12.5. The number of nitrogens with zero attached hydrogens (tertiary/aromatic N) is 3. The van der Waals surface area contributed by atoms with Crippen LogP contribution in [0.5, 0.6) is 0 Å². The minimum atomic E-state index is -0.380. The Bertz CT molecular complexity index is 1130. The van der Waals surface area contributed by atoms with Gasteiger partial charge in [-0.25, -0.2) is 9.78 Å². The van der Waals surface area contributed by atoms with E-state index in [1.54, 1.807) is 4.68 Å². The van der Waals surface area contributed by atoms with Crippen LogP contribution in [0.4, 0.5) is 0 Å². The van der Waals surface area contributed by atoms with E-state index in [4.69, 9.17) is 16.3 Å². The SMILES string of the molecule is Cc1c(Cl)c(COC(=O)c2cc3c(C)nn(C)c3s2)nc2ccccc12. The van der Waals surface area contributed by atoms with E-state index in [0.29, 0.717) is 15.6 Å². The number of rotatable bonds is 3. The molecule has 0 spiro atoms. The minimum absolute atomic E-state index is 0.0365. The zero-order valence-electron chi connectivity index (χ0n) is 14.5. The van der Waals surface area contributed by atoms with Gasteiger partial charge in [0.15, 0.2) is 0 Å². The van der Waals surface area contributed by atoms with Crippen LogP contribution in [0.1, 0.15) is 26.6 Å². The van der Waals surface area contributed by atoms with Crippen molar-refractivity contribution in [3.63, 3.8) is 0 Å². The van der Waals surface area contributed by atoms with Gasteiger partial charge in [0.2, 0.25) is 0 Å². The van der Waals surface area contributed by atoms with Gasteiger partial charge in [-0.3, -0.25) is 4.68 Å². The molecule has 0 aliphatic rings. The van der Waals surface area contributed by atoms with Crippen LogP contribution < -0.4 is 0 Å². The molecule has 0 aliphatic heterocycles. The lowest BCUT2D eigenvalue weighted by molar-refractivity contribution is 0.0474. The molecule has 0 saturated heterocycles. The number of carbonyl (C=O) groups excluding carboxylic acids is 1. The first kappa shape index (κ1) is 17.0. The molecule has 4 aromatic rings. The number of pyridine rings is 1. The van der Waals surface area contributed by atoms with Crippen LogP contribution in [0.15, 0.2) is 30.3 Å². The predicted octanol–water partition coefficient (Wildman–Crippen LogP) is 4.81. The van der Waals surface area contributed by atoms with Gasteiger partial charge in [0.1, 0.15) is 16.3 Å². The second kappa shape index (κ2) is 6.37. The van der Waals surface area contributed by atoms with Crippen molar-refractivity contribution in [1.29, 1.82) is 0 Å². The molecule has 7 heteroatoms. The highest BCUT2D eigenvalue weighted by Crippen LogP contribution is 2.30. The molecule has 0 N–H and O–H groups in total. The summed E-state index contributed by atoms with van der Waals surface area (Å²) in [5.41, 5.74) is 3.23. The Balaban J connectivity index is 1.60. The molecular weight excluding hydrogens is 370 g/mol. The lowest BCUT2D eigenvalue weighted by Gasteiger charge is -2.10. The summed E-state index contributed by atoms with van der Waals surface area (Å²) in [4.78, 5) is 18.5. The van der Waals surface area contributed by atoms with Gasteiger partial charge in [-0.05, 0) is 31.5 Å². The molecule has 26 heavy (non-hydrogen) atoms. The van der Waals surface area contributed by atoms with Gasteiger partial charge in [0.05, 0.1) is 21.9 Å². The molecule has 0 saturated carbocycles. The highest BCUT2D eigenvalue weighted by atomic mass is 35.5. The van der Waals surface area contributed by atoms with Crippen LogP contribution in [-0.4, -0.2) is 20.7 Å². The number of halogens is 1. The fourth-order valence-electron chi connectivity index (χ4n) is 3.02. The lowest BCUT2D eigenvalue weighted by Crippen LogP contribution is -2.06. The number of para-hydroxylation sites is 1. The molecule has 0 radical (unpaired) electrons. The number of carbonyl (C=O) groups is 1. The number of aromatic nitrogens is 3. The van der Waals surface area contributed by atoms with Gasteiger partial charge in [-0.15, -0.1) is 11.3 Å². The van der Waals surface area contributed by atoms with Crippen molar-refractivity contribution in [2.45, 2.75) is 20.5 Å². The molecule has 3 heterocycles. The Morgan fingerprint density at radius 1 is 1.27 bits per heavy atom. The number of thiophene rings is 1. The van der Waals surface area contributed by atoms with Crippen molar-refractivity contribution in [1.82, 2.24) is 14.8 Å². The van der Waals surface area contributed by atoms with Crippen LogP contribution in [0.3, 0.4) is 0 Å². The Labute approximate surface area is 159 Å². The maximum absolute atomic E-state index is 12.5. The predicted molar refractivity (Wildman–Crippen MR) is 104 cm³/mol. The molecule has 1 aromatic carbocycles. The molecule has 0 atom stereocenters. The molecule has 0 aliphatic carbocycles. The van der Waals surface area contributed by atoms with Crippen LogP contribution in [-0.2, 0) is 18.4 Å². The third-order valence-corrected chi connectivity index (χ3v) is 6.07. The largest absolute Gasteiger partial charge is 0.455 e. The number of fused-ring (bicyclic) bond motifs is 2.